The van der Waals surface area contributed by atoms with E-state index in [0.29, 0.717) is 15.6 Å². The molecule has 0 aliphatic carbocycles. The summed E-state index contributed by atoms with van der Waals surface area (Å²) in [5.41, 5.74) is 0.672. The third-order valence-electron chi connectivity index (χ3n) is 4.42. The Labute approximate surface area is 170 Å². The van der Waals surface area contributed by atoms with E-state index in [0.717, 1.165) is 20.9 Å². The van der Waals surface area contributed by atoms with Crippen LogP contribution in [-0.2, 0) is 9.53 Å². The third-order valence-corrected chi connectivity index (χ3v) is 6.08. The topological polar surface area (TPSA) is 55.4 Å². The van der Waals surface area contributed by atoms with Crippen LogP contribution in [0, 0.1) is 0 Å². The maximum atomic E-state index is 12.6. The molecule has 0 aliphatic heterocycles. The first-order valence-electron chi connectivity index (χ1n) is 8.71. The second-order valence-corrected chi connectivity index (χ2v) is 7.73. The fourth-order valence-electron chi connectivity index (χ4n) is 2.98. The summed E-state index contributed by atoms with van der Waals surface area (Å²) < 4.78 is 6.26. The van der Waals surface area contributed by atoms with Crippen molar-refractivity contribution in [3.8, 4) is 0 Å². The molecule has 0 bridgehead atoms. The highest BCUT2D eigenvalue weighted by molar-refractivity contribution is 7.21. The van der Waals surface area contributed by atoms with Crippen LogP contribution in [0.3, 0.4) is 0 Å². The number of esters is 1. The lowest BCUT2D eigenvalue weighted by Gasteiger charge is -2.14. The Morgan fingerprint density at radius 2 is 1.64 bits per heavy atom. The van der Waals surface area contributed by atoms with Crippen LogP contribution in [-0.4, -0.2) is 18.0 Å². The number of anilines is 1. The van der Waals surface area contributed by atoms with Crippen LogP contribution < -0.4 is 5.32 Å². The number of carbonyl (C=O) groups is 2. The number of ether oxygens (including phenoxy) is 1. The molecule has 3 aromatic carbocycles. The quantitative estimate of drug-likeness (QED) is 0.427. The summed E-state index contributed by atoms with van der Waals surface area (Å²) in [6.07, 6.45) is -0.965. The van der Waals surface area contributed by atoms with Crippen LogP contribution in [0.15, 0.2) is 66.7 Å². The molecule has 1 heterocycles. The predicted molar refractivity (Wildman–Crippen MR) is 114 cm³/mol. The van der Waals surface area contributed by atoms with E-state index in [1.54, 1.807) is 6.92 Å². The highest BCUT2D eigenvalue weighted by Gasteiger charge is 2.23. The first kappa shape index (κ1) is 18.5. The maximum Gasteiger partial charge on any atom is 0.350 e. The Morgan fingerprint density at radius 3 is 2.43 bits per heavy atom. The number of hydrogen-bond acceptors (Lipinski definition) is 4. The molecule has 4 rings (SSSR count). The molecule has 0 aliphatic rings. The lowest BCUT2D eigenvalue weighted by atomic mass is 10.1. The van der Waals surface area contributed by atoms with Gasteiger partial charge in [-0.25, -0.2) is 4.79 Å². The predicted octanol–water partition coefficient (Wildman–Crippen LogP) is 5.89. The minimum absolute atomic E-state index is 0.299. The molecule has 1 N–H and O–H groups in total. The summed E-state index contributed by atoms with van der Waals surface area (Å²) in [4.78, 5) is 25.4. The van der Waals surface area contributed by atoms with Gasteiger partial charge in [-0.15, -0.1) is 11.3 Å². The Balaban J connectivity index is 1.51. The zero-order valence-electron chi connectivity index (χ0n) is 14.9. The van der Waals surface area contributed by atoms with E-state index >= 15 is 0 Å². The van der Waals surface area contributed by atoms with Gasteiger partial charge in [0.2, 0.25) is 0 Å². The van der Waals surface area contributed by atoms with Crippen LogP contribution in [0.4, 0.5) is 5.69 Å². The number of halogens is 1. The van der Waals surface area contributed by atoms with Gasteiger partial charge in [0.1, 0.15) is 4.88 Å². The second kappa shape index (κ2) is 7.62. The average Bonchev–Trinajstić information content (AvgIpc) is 3.05. The number of nitrogens with one attached hydrogen (secondary N) is 1. The number of amides is 1. The number of hydrogen-bond donors (Lipinski definition) is 1. The monoisotopic (exact) mass is 409 g/mol. The summed E-state index contributed by atoms with van der Waals surface area (Å²) in [5, 5.41) is 5.93. The van der Waals surface area contributed by atoms with Crippen molar-refractivity contribution in [3.63, 3.8) is 0 Å². The van der Waals surface area contributed by atoms with Crippen molar-refractivity contribution >= 4 is 61.4 Å². The highest BCUT2D eigenvalue weighted by atomic mass is 35.5. The number of rotatable bonds is 4. The number of thiophene rings is 1. The van der Waals surface area contributed by atoms with Gasteiger partial charge in [0, 0.05) is 21.2 Å². The number of carbonyl (C=O) groups excluding carboxylic acids is 2. The minimum Gasteiger partial charge on any atom is -0.448 e. The van der Waals surface area contributed by atoms with Crippen molar-refractivity contribution in [1.29, 1.82) is 0 Å². The smallest absolute Gasteiger partial charge is 0.350 e. The van der Waals surface area contributed by atoms with Gasteiger partial charge in [0.15, 0.2) is 6.10 Å². The van der Waals surface area contributed by atoms with Crippen molar-refractivity contribution in [3.05, 3.63) is 76.6 Å². The molecular weight excluding hydrogens is 394 g/mol. The molecule has 28 heavy (non-hydrogen) atoms. The molecule has 140 valence electrons. The van der Waals surface area contributed by atoms with E-state index in [1.165, 1.54) is 11.3 Å². The maximum absolute atomic E-state index is 12.6. The molecule has 0 fully saturated rings. The molecule has 1 amide bonds. The molecule has 0 saturated carbocycles. The van der Waals surface area contributed by atoms with Crippen LogP contribution in [0.5, 0.6) is 0 Å². The molecule has 4 nitrogen and oxygen atoms in total. The van der Waals surface area contributed by atoms with Gasteiger partial charge in [-0.05, 0) is 24.4 Å². The molecule has 0 spiro atoms. The zero-order chi connectivity index (χ0) is 19.7. The van der Waals surface area contributed by atoms with Crippen LogP contribution in [0.2, 0.25) is 5.02 Å². The van der Waals surface area contributed by atoms with Crippen molar-refractivity contribution in [1.82, 2.24) is 0 Å². The molecule has 4 aromatic rings. The Hall–Kier alpha value is -2.89. The van der Waals surface area contributed by atoms with Gasteiger partial charge in [-0.1, -0.05) is 66.2 Å². The fourth-order valence-corrected chi connectivity index (χ4v) is 4.37. The van der Waals surface area contributed by atoms with Gasteiger partial charge in [0.25, 0.3) is 5.91 Å². The Kier molecular flexibility index (Phi) is 5.03. The van der Waals surface area contributed by atoms with Crippen molar-refractivity contribution in [2.75, 3.05) is 5.32 Å². The number of benzene rings is 3. The average molecular weight is 410 g/mol. The lowest BCUT2D eigenvalue weighted by Crippen LogP contribution is -2.29. The molecule has 1 aromatic heterocycles. The lowest BCUT2D eigenvalue weighted by molar-refractivity contribution is -0.123. The summed E-state index contributed by atoms with van der Waals surface area (Å²) in [6, 6.07) is 20.9. The first-order chi connectivity index (χ1) is 13.5. The van der Waals surface area contributed by atoms with Gasteiger partial charge >= 0.3 is 5.97 Å². The van der Waals surface area contributed by atoms with Gasteiger partial charge < -0.3 is 10.1 Å². The first-order valence-corrected chi connectivity index (χ1v) is 9.90. The van der Waals surface area contributed by atoms with Crippen molar-refractivity contribution in [2.45, 2.75) is 13.0 Å². The van der Waals surface area contributed by atoms with E-state index in [2.05, 4.69) is 5.32 Å². The highest BCUT2D eigenvalue weighted by Crippen LogP contribution is 2.35. The number of fused-ring (bicyclic) bond motifs is 2. The van der Waals surface area contributed by atoms with Crippen LogP contribution in [0.1, 0.15) is 16.6 Å². The van der Waals surface area contributed by atoms with Gasteiger partial charge in [0.05, 0.1) is 5.02 Å². The molecule has 1 atom stereocenters. The van der Waals surface area contributed by atoms with E-state index < -0.39 is 18.0 Å². The third kappa shape index (κ3) is 3.46. The second-order valence-electron chi connectivity index (χ2n) is 6.30. The van der Waals surface area contributed by atoms with E-state index in [-0.39, 0.29) is 0 Å². The normalized spacial score (nSPS) is 12.1. The van der Waals surface area contributed by atoms with Crippen molar-refractivity contribution < 1.29 is 14.3 Å². The SMILES string of the molecule is C[C@H](OC(=O)c1sc2ccccc2c1Cl)C(=O)Nc1cccc2ccccc12. The van der Waals surface area contributed by atoms with E-state index in [4.69, 9.17) is 16.3 Å². The molecule has 6 heteroatoms. The molecule has 0 saturated heterocycles. The standard InChI is InChI=1S/C22H16ClNO3S/c1-13(21(25)24-17-11-6-8-14-7-2-3-9-15(14)17)27-22(26)20-19(23)16-10-4-5-12-18(16)28-20/h2-13H,1H3,(H,24,25)/t13-/m0/s1. The largest absolute Gasteiger partial charge is 0.448 e. The molecular formula is C22H16ClNO3S. The Bertz CT molecular complexity index is 1200. The summed E-state index contributed by atoms with van der Waals surface area (Å²) in [5.74, 6) is -1.01. The summed E-state index contributed by atoms with van der Waals surface area (Å²) >= 11 is 7.57. The van der Waals surface area contributed by atoms with Crippen molar-refractivity contribution in [2.24, 2.45) is 0 Å². The summed E-state index contributed by atoms with van der Waals surface area (Å²) in [6.45, 7) is 1.54. The van der Waals surface area contributed by atoms with E-state index in [1.807, 2.05) is 66.7 Å². The van der Waals surface area contributed by atoms with Gasteiger partial charge in [-0.2, -0.15) is 0 Å². The van der Waals surface area contributed by atoms with Crippen LogP contribution in [0.25, 0.3) is 20.9 Å². The zero-order valence-corrected chi connectivity index (χ0v) is 16.5. The minimum atomic E-state index is -0.965. The Morgan fingerprint density at radius 1 is 0.964 bits per heavy atom. The molecule has 0 unspecified atom stereocenters. The molecule has 0 radical (unpaired) electrons. The van der Waals surface area contributed by atoms with Crippen LogP contribution >= 0.6 is 22.9 Å². The van der Waals surface area contributed by atoms with E-state index in [9.17, 15) is 9.59 Å². The van der Waals surface area contributed by atoms with Gasteiger partial charge in [-0.3, -0.25) is 4.79 Å². The summed E-state index contributed by atoms with van der Waals surface area (Å²) in [7, 11) is 0. The fraction of sp³-hybridized carbons (Fsp3) is 0.0909.